The van der Waals surface area contributed by atoms with Gasteiger partial charge in [0.2, 0.25) is 0 Å². The van der Waals surface area contributed by atoms with Crippen LogP contribution in [0.5, 0.6) is 5.75 Å². The first-order valence-electron chi connectivity index (χ1n) is 8.54. The minimum Gasteiger partial charge on any atom is -0.496 e. The Kier molecular flexibility index (Phi) is 10.7. The lowest BCUT2D eigenvalue weighted by molar-refractivity contribution is 0.409. The molecule has 6 heteroatoms. The van der Waals surface area contributed by atoms with Crippen molar-refractivity contribution in [1.29, 1.82) is 0 Å². The Bertz CT molecular complexity index is 694. The number of hydrogen-bond donors (Lipinski definition) is 2. The molecule has 2 aromatic carbocycles. The van der Waals surface area contributed by atoms with Crippen LogP contribution in [0.4, 0.5) is 4.39 Å². The molecule has 0 aliphatic heterocycles. The normalized spacial score (nSPS) is 10.8. The summed E-state index contributed by atoms with van der Waals surface area (Å²) in [5.41, 5.74) is 2.18. The zero-order valence-electron chi connectivity index (χ0n) is 15.3. The zero-order valence-corrected chi connectivity index (χ0v) is 17.6. The van der Waals surface area contributed by atoms with Gasteiger partial charge in [-0.15, -0.1) is 24.0 Å². The maximum Gasteiger partial charge on any atom is 0.190 e. The number of aryl methyl sites for hydroxylation is 1. The number of methoxy groups -OCH3 is 1. The molecule has 26 heavy (non-hydrogen) atoms. The highest BCUT2D eigenvalue weighted by Crippen LogP contribution is 2.17. The first-order valence-corrected chi connectivity index (χ1v) is 8.54. The predicted octanol–water partition coefficient (Wildman–Crippen LogP) is 3.79. The van der Waals surface area contributed by atoms with Gasteiger partial charge in [-0.2, -0.15) is 0 Å². The molecule has 2 rings (SSSR count). The van der Waals surface area contributed by atoms with E-state index in [0.29, 0.717) is 0 Å². The second kappa shape index (κ2) is 12.5. The summed E-state index contributed by atoms with van der Waals surface area (Å²) in [5.74, 6) is 1.50. The van der Waals surface area contributed by atoms with Crippen molar-refractivity contribution < 1.29 is 9.13 Å². The molecule has 0 aromatic heterocycles. The van der Waals surface area contributed by atoms with Crippen LogP contribution >= 0.6 is 24.0 Å². The third kappa shape index (κ3) is 7.59. The van der Waals surface area contributed by atoms with E-state index in [-0.39, 0.29) is 29.8 Å². The van der Waals surface area contributed by atoms with Gasteiger partial charge in [-0.3, -0.25) is 4.99 Å². The van der Waals surface area contributed by atoms with Gasteiger partial charge in [-0.1, -0.05) is 30.3 Å². The highest BCUT2D eigenvalue weighted by atomic mass is 127. The monoisotopic (exact) mass is 471 g/mol. The van der Waals surface area contributed by atoms with Crippen LogP contribution in [0.3, 0.4) is 0 Å². The van der Waals surface area contributed by atoms with E-state index in [1.54, 1.807) is 26.3 Å². The van der Waals surface area contributed by atoms with Crippen LogP contribution in [-0.2, 0) is 12.8 Å². The summed E-state index contributed by atoms with van der Waals surface area (Å²) in [5, 5.41) is 6.58. The quantitative estimate of drug-likeness (QED) is 0.267. The maximum atomic E-state index is 13.1. The summed E-state index contributed by atoms with van der Waals surface area (Å²) in [6.07, 6.45) is 2.60. The zero-order chi connectivity index (χ0) is 17.9. The summed E-state index contributed by atoms with van der Waals surface area (Å²) >= 11 is 0. The van der Waals surface area contributed by atoms with E-state index in [9.17, 15) is 4.39 Å². The molecule has 0 spiro atoms. The molecule has 0 heterocycles. The summed E-state index contributed by atoms with van der Waals surface area (Å²) in [6, 6.07) is 14.8. The van der Waals surface area contributed by atoms with Crippen LogP contribution in [0, 0.1) is 5.82 Å². The molecule has 0 saturated heterocycles. The SMILES string of the molecule is CN=C(NCCCc1cccc(F)c1)NCCc1ccccc1OC.I. The Morgan fingerprint density at radius 1 is 1.04 bits per heavy atom. The molecule has 0 radical (unpaired) electrons. The molecule has 0 bridgehead atoms. The highest BCUT2D eigenvalue weighted by molar-refractivity contribution is 14.0. The van der Waals surface area contributed by atoms with Crippen LogP contribution in [0.2, 0.25) is 0 Å². The predicted molar refractivity (Wildman–Crippen MR) is 116 cm³/mol. The number of guanidine groups is 1. The number of nitrogens with zero attached hydrogens (tertiary/aromatic N) is 1. The smallest absolute Gasteiger partial charge is 0.190 e. The maximum absolute atomic E-state index is 13.1. The standard InChI is InChI=1S/C20H26FN3O.HI/c1-22-20(23-13-6-8-16-7-5-10-18(21)15-16)24-14-12-17-9-3-4-11-19(17)25-2;/h3-5,7,9-11,15H,6,8,12-14H2,1-2H3,(H2,22,23,24);1H. The van der Waals surface area contributed by atoms with Gasteiger partial charge < -0.3 is 15.4 Å². The van der Waals surface area contributed by atoms with Gasteiger partial charge in [0.05, 0.1) is 7.11 Å². The molecule has 2 aromatic rings. The lowest BCUT2D eigenvalue weighted by atomic mass is 10.1. The molecule has 142 valence electrons. The van der Waals surface area contributed by atoms with Crippen molar-refractivity contribution in [2.24, 2.45) is 4.99 Å². The Hall–Kier alpha value is -1.83. The summed E-state index contributed by atoms with van der Waals surface area (Å²) in [7, 11) is 3.44. The van der Waals surface area contributed by atoms with E-state index in [1.165, 1.54) is 11.6 Å². The van der Waals surface area contributed by atoms with E-state index in [4.69, 9.17) is 4.74 Å². The number of para-hydroxylation sites is 1. The topological polar surface area (TPSA) is 45.7 Å². The minimum absolute atomic E-state index is 0. The molecule has 0 saturated carbocycles. The van der Waals surface area contributed by atoms with Gasteiger partial charge in [0.15, 0.2) is 5.96 Å². The summed E-state index contributed by atoms with van der Waals surface area (Å²) < 4.78 is 18.5. The Labute approximate surface area is 172 Å². The number of ether oxygens (including phenoxy) is 1. The van der Waals surface area contributed by atoms with Gasteiger partial charge >= 0.3 is 0 Å². The van der Waals surface area contributed by atoms with Crippen LogP contribution in [0.1, 0.15) is 17.5 Å². The van der Waals surface area contributed by atoms with Crippen molar-refractivity contribution in [2.75, 3.05) is 27.2 Å². The number of benzene rings is 2. The largest absolute Gasteiger partial charge is 0.496 e. The van der Waals surface area contributed by atoms with Gasteiger partial charge in [-0.05, 0) is 48.6 Å². The van der Waals surface area contributed by atoms with Crippen LogP contribution in [0.15, 0.2) is 53.5 Å². The molecule has 0 atom stereocenters. The summed E-state index contributed by atoms with van der Waals surface area (Å²) in [4.78, 5) is 4.22. The first kappa shape index (κ1) is 22.2. The fraction of sp³-hybridized carbons (Fsp3) is 0.350. The van der Waals surface area contributed by atoms with Crippen molar-refractivity contribution in [1.82, 2.24) is 10.6 Å². The van der Waals surface area contributed by atoms with E-state index in [1.807, 2.05) is 24.3 Å². The van der Waals surface area contributed by atoms with Crippen molar-refractivity contribution in [3.05, 3.63) is 65.5 Å². The second-order valence-electron chi connectivity index (χ2n) is 5.72. The fourth-order valence-electron chi connectivity index (χ4n) is 2.64. The van der Waals surface area contributed by atoms with Crippen molar-refractivity contribution >= 4 is 29.9 Å². The number of hydrogen-bond acceptors (Lipinski definition) is 2. The molecular formula is C20H27FIN3O. The molecule has 0 amide bonds. The number of aliphatic imine (C=N–C) groups is 1. The molecule has 0 unspecified atom stereocenters. The van der Waals surface area contributed by atoms with Crippen molar-refractivity contribution in [3.63, 3.8) is 0 Å². The fourth-order valence-corrected chi connectivity index (χ4v) is 2.64. The minimum atomic E-state index is -0.181. The number of rotatable bonds is 8. The van der Waals surface area contributed by atoms with Gasteiger partial charge in [0, 0.05) is 20.1 Å². The van der Waals surface area contributed by atoms with Gasteiger partial charge in [-0.25, -0.2) is 4.39 Å². The van der Waals surface area contributed by atoms with Crippen LogP contribution in [0.25, 0.3) is 0 Å². The Balaban J connectivity index is 0.00000338. The van der Waals surface area contributed by atoms with Crippen LogP contribution in [-0.4, -0.2) is 33.2 Å². The third-order valence-electron chi connectivity index (χ3n) is 3.93. The lowest BCUT2D eigenvalue weighted by Gasteiger charge is -2.13. The van der Waals surface area contributed by atoms with Gasteiger partial charge in [0.1, 0.15) is 11.6 Å². The summed E-state index contributed by atoms with van der Waals surface area (Å²) in [6.45, 7) is 1.55. The van der Waals surface area contributed by atoms with Crippen molar-refractivity contribution in [2.45, 2.75) is 19.3 Å². The Morgan fingerprint density at radius 2 is 1.81 bits per heavy atom. The lowest BCUT2D eigenvalue weighted by Crippen LogP contribution is -2.38. The second-order valence-corrected chi connectivity index (χ2v) is 5.72. The van der Waals surface area contributed by atoms with E-state index >= 15 is 0 Å². The van der Waals surface area contributed by atoms with Crippen molar-refractivity contribution in [3.8, 4) is 5.75 Å². The molecule has 2 N–H and O–H groups in total. The van der Waals surface area contributed by atoms with Gasteiger partial charge in [0.25, 0.3) is 0 Å². The molecule has 4 nitrogen and oxygen atoms in total. The van der Waals surface area contributed by atoms with E-state index < -0.39 is 0 Å². The average molecular weight is 471 g/mol. The van der Waals surface area contributed by atoms with Crippen LogP contribution < -0.4 is 15.4 Å². The highest BCUT2D eigenvalue weighted by Gasteiger charge is 2.03. The van der Waals surface area contributed by atoms with E-state index in [0.717, 1.165) is 49.6 Å². The molecular weight excluding hydrogens is 444 g/mol. The molecule has 0 fully saturated rings. The van der Waals surface area contributed by atoms with E-state index in [2.05, 4.69) is 21.7 Å². The molecule has 0 aliphatic rings. The third-order valence-corrected chi connectivity index (χ3v) is 3.93. The average Bonchev–Trinajstić information content (AvgIpc) is 2.64. The number of halogens is 2. The molecule has 0 aliphatic carbocycles. The Morgan fingerprint density at radius 3 is 2.54 bits per heavy atom. The number of nitrogens with one attached hydrogen (secondary N) is 2. The first-order chi connectivity index (χ1) is 12.2.